The Kier molecular flexibility index (Phi) is 16.9. The fraction of sp³-hybridized carbons (Fsp3) is 0.406. The van der Waals surface area contributed by atoms with E-state index in [0.29, 0.717) is 41.5 Å². The molecule has 3 rings (SSSR count). The quantitative estimate of drug-likeness (QED) is 0.126. The molecule has 8 nitrogen and oxygen atoms in total. The first-order valence-electron chi connectivity index (χ1n) is 14.2. The second-order valence-electron chi connectivity index (χ2n) is 9.04. The molecule has 0 spiro atoms. The van der Waals surface area contributed by atoms with Crippen LogP contribution in [0.25, 0.3) is 0 Å². The van der Waals surface area contributed by atoms with Gasteiger partial charge in [-0.3, -0.25) is 10.4 Å². The highest BCUT2D eigenvalue weighted by Crippen LogP contribution is 2.22. The molecule has 2 aromatic carbocycles. The topological polar surface area (TPSA) is 125 Å². The molecule has 0 radical (unpaired) electrons. The molecule has 0 aliphatic heterocycles. The summed E-state index contributed by atoms with van der Waals surface area (Å²) in [5, 5.41) is 17.6. The van der Waals surface area contributed by atoms with E-state index >= 15 is 0 Å². The Labute approximate surface area is 240 Å². The Morgan fingerprint density at radius 3 is 2.20 bits per heavy atom. The van der Waals surface area contributed by atoms with Crippen LogP contribution in [-0.4, -0.2) is 36.7 Å². The minimum absolute atomic E-state index is 0.179. The second kappa shape index (κ2) is 19.9. The zero-order valence-corrected chi connectivity index (χ0v) is 24.8. The molecule has 1 saturated carbocycles. The van der Waals surface area contributed by atoms with Crippen LogP contribution in [-0.2, 0) is 0 Å². The standard InChI is InChI=1S/C27H34N6O2.C3H8.C2H6/c1-3-30-26(31-17-18-32-27(34)33-21-9-7-8-10-21)24(19(2)28)25(29)20-13-15-23(16-14-20)35-22-11-5-4-6-12-22;1-3-2;1-2/h3-6,11-16,21,29H,1,7-10,17-18,28H2,2H3,(H,30,31)(H2,32,33,34);3H2,1-2H3;1-2H3/b24-19+,29-25?;;. The first-order valence-corrected chi connectivity index (χ1v) is 14.2. The van der Waals surface area contributed by atoms with Crippen molar-refractivity contribution in [1.82, 2.24) is 16.0 Å². The lowest BCUT2D eigenvalue weighted by molar-refractivity contribution is 0.237. The third-order valence-corrected chi connectivity index (χ3v) is 5.60. The smallest absolute Gasteiger partial charge is 0.315 e. The summed E-state index contributed by atoms with van der Waals surface area (Å²) in [6, 6.07) is 16.8. The van der Waals surface area contributed by atoms with Gasteiger partial charge in [-0.1, -0.05) is 71.7 Å². The third kappa shape index (κ3) is 12.2. The van der Waals surface area contributed by atoms with Gasteiger partial charge >= 0.3 is 6.03 Å². The van der Waals surface area contributed by atoms with E-state index in [0.717, 1.165) is 31.4 Å². The number of nitrogens with zero attached hydrogens (tertiary/aromatic N) is 1. The molecular weight excluding hydrogens is 500 g/mol. The lowest BCUT2D eigenvalue weighted by Crippen LogP contribution is -2.41. The Bertz CT molecular complexity index is 1080. The number of allylic oxidation sites excluding steroid dienone is 1. The average molecular weight is 549 g/mol. The zero-order chi connectivity index (χ0) is 29.8. The number of hydrogen-bond acceptors (Lipinski definition) is 5. The van der Waals surface area contributed by atoms with Gasteiger partial charge in [-0.25, -0.2) is 4.79 Å². The van der Waals surface area contributed by atoms with Crippen LogP contribution in [0.3, 0.4) is 0 Å². The van der Waals surface area contributed by atoms with Crippen molar-refractivity contribution in [3.8, 4) is 11.5 Å². The van der Waals surface area contributed by atoms with Crippen LogP contribution >= 0.6 is 0 Å². The number of para-hydroxylation sites is 1. The number of carbonyl (C=O) groups is 1. The van der Waals surface area contributed by atoms with Gasteiger partial charge in [0, 0.05) is 23.8 Å². The highest BCUT2D eigenvalue weighted by Gasteiger charge is 2.18. The number of ether oxygens (including phenoxy) is 1. The summed E-state index contributed by atoms with van der Waals surface area (Å²) in [5.41, 5.74) is 7.96. The summed E-state index contributed by atoms with van der Waals surface area (Å²) < 4.78 is 5.84. The summed E-state index contributed by atoms with van der Waals surface area (Å²) in [5.74, 6) is 1.83. The number of nitrogens with one attached hydrogen (secondary N) is 4. The van der Waals surface area contributed by atoms with E-state index in [2.05, 4.69) is 41.4 Å². The Morgan fingerprint density at radius 1 is 1.07 bits per heavy atom. The van der Waals surface area contributed by atoms with Gasteiger partial charge in [0.25, 0.3) is 0 Å². The Morgan fingerprint density at radius 2 is 1.65 bits per heavy atom. The highest BCUT2D eigenvalue weighted by atomic mass is 16.5. The highest BCUT2D eigenvalue weighted by molar-refractivity contribution is 6.28. The molecule has 6 N–H and O–H groups in total. The monoisotopic (exact) mass is 548 g/mol. The van der Waals surface area contributed by atoms with Crippen molar-refractivity contribution >= 4 is 17.6 Å². The molecule has 1 aliphatic rings. The molecule has 1 aliphatic carbocycles. The molecule has 8 heteroatoms. The predicted molar refractivity (Wildman–Crippen MR) is 168 cm³/mol. The van der Waals surface area contributed by atoms with E-state index in [-0.39, 0.29) is 17.8 Å². The molecule has 0 aromatic heterocycles. The number of aliphatic imine (C=N–C) groups is 1. The van der Waals surface area contributed by atoms with Gasteiger partial charge in [-0.15, -0.1) is 0 Å². The van der Waals surface area contributed by atoms with Crippen LogP contribution in [0, 0.1) is 5.41 Å². The fourth-order valence-electron chi connectivity index (χ4n) is 3.90. The van der Waals surface area contributed by atoms with Crippen LogP contribution in [0.4, 0.5) is 4.79 Å². The number of rotatable bonds is 10. The lowest BCUT2D eigenvalue weighted by Gasteiger charge is -2.16. The van der Waals surface area contributed by atoms with Gasteiger partial charge in [0.1, 0.15) is 17.3 Å². The number of amidine groups is 1. The number of amides is 2. The molecule has 0 bridgehead atoms. The van der Waals surface area contributed by atoms with Crippen LogP contribution in [0.15, 0.2) is 83.6 Å². The van der Waals surface area contributed by atoms with Crippen LogP contribution in [0.5, 0.6) is 11.5 Å². The number of carbonyl (C=O) groups excluding carboxylic acids is 1. The molecule has 218 valence electrons. The number of urea groups is 1. The maximum atomic E-state index is 12.1. The second-order valence-corrected chi connectivity index (χ2v) is 9.04. The molecule has 0 saturated heterocycles. The summed E-state index contributed by atoms with van der Waals surface area (Å²) in [6.07, 6.45) is 7.13. The minimum atomic E-state index is -0.179. The maximum Gasteiger partial charge on any atom is 0.315 e. The van der Waals surface area contributed by atoms with E-state index in [1.807, 2.05) is 68.4 Å². The number of hydrogen-bond donors (Lipinski definition) is 5. The first kappa shape index (κ1) is 34.0. The predicted octanol–water partition coefficient (Wildman–Crippen LogP) is 6.90. The van der Waals surface area contributed by atoms with E-state index < -0.39 is 0 Å². The average Bonchev–Trinajstić information content (AvgIpc) is 3.46. The van der Waals surface area contributed by atoms with Crippen molar-refractivity contribution < 1.29 is 9.53 Å². The lowest BCUT2D eigenvalue weighted by atomic mass is 9.99. The van der Waals surface area contributed by atoms with Gasteiger partial charge < -0.3 is 26.4 Å². The third-order valence-electron chi connectivity index (χ3n) is 5.60. The van der Waals surface area contributed by atoms with E-state index in [1.54, 1.807) is 6.92 Å². The van der Waals surface area contributed by atoms with Crippen molar-refractivity contribution in [2.45, 2.75) is 72.8 Å². The van der Waals surface area contributed by atoms with Crippen LogP contribution < -0.4 is 26.4 Å². The number of benzene rings is 2. The van der Waals surface area contributed by atoms with Gasteiger partial charge in [-0.05, 0) is 62.4 Å². The molecule has 0 heterocycles. The minimum Gasteiger partial charge on any atom is -0.457 e. The Hall–Kier alpha value is -4.07. The van der Waals surface area contributed by atoms with Gasteiger partial charge in [-0.2, -0.15) is 0 Å². The zero-order valence-electron chi connectivity index (χ0n) is 24.8. The Balaban J connectivity index is 0.00000150. The van der Waals surface area contributed by atoms with Crippen molar-refractivity contribution in [2.75, 3.05) is 13.1 Å². The molecule has 0 unspecified atom stereocenters. The van der Waals surface area contributed by atoms with Crippen LogP contribution in [0.2, 0.25) is 0 Å². The van der Waals surface area contributed by atoms with E-state index in [9.17, 15) is 4.79 Å². The van der Waals surface area contributed by atoms with Crippen LogP contribution in [0.1, 0.15) is 72.3 Å². The first-order chi connectivity index (χ1) is 19.4. The van der Waals surface area contributed by atoms with Gasteiger partial charge in [0.15, 0.2) is 0 Å². The summed E-state index contributed by atoms with van der Waals surface area (Å²) in [7, 11) is 0. The molecule has 2 amide bonds. The van der Waals surface area contributed by atoms with Crippen molar-refractivity contribution in [3.05, 3.63) is 84.2 Å². The summed E-state index contributed by atoms with van der Waals surface area (Å²) in [6.45, 7) is 14.4. The maximum absolute atomic E-state index is 12.1. The summed E-state index contributed by atoms with van der Waals surface area (Å²) >= 11 is 0. The SMILES string of the molecule is C=CNC(=NCCNC(=O)NC1CCCC1)/C(C(=N)c1ccc(Oc2ccccc2)cc1)=C(\C)N.CC.CCC. The van der Waals surface area contributed by atoms with Crippen molar-refractivity contribution in [1.29, 1.82) is 5.41 Å². The number of nitrogens with two attached hydrogens (primary N) is 1. The van der Waals surface area contributed by atoms with E-state index in [1.165, 1.54) is 12.6 Å². The molecule has 2 aromatic rings. The molecule has 0 atom stereocenters. The van der Waals surface area contributed by atoms with Gasteiger partial charge in [0.05, 0.1) is 17.8 Å². The summed E-state index contributed by atoms with van der Waals surface area (Å²) in [4.78, 5) is 16.6. The normalized spacial score (nSPS) is 13.4. The fourth-order valence-corrected chi connectivity index (χ4v) is 3.90. The van der Waals surface area contributed by atoms with Crippen molar-refractivity contribution in [3.63, 3.8) is 0 Å². The molecule has 40 heavy (non-hydrogen) atoms. The van der Waals surface area contributed by atoms with Crippen molar-refractivity contribution in [2.24, 2.45) is 10.7 Å². The molecule has 1 fully saturated rings. The van der Waals surface area contributed by atoms with Gasteiger partial charge in [0.2, 0.25) is 0 Å². The van der Waals surface area contributed by atoms with E-state index in [4.69, 9.17) is 15.9 Å². The molecular formula is C32H48N6O2. The largest absolute Gasteiger partial charge is 0.457 e.